The molecule has 0 saturated carbocycles. The van der Waals surface area contributed by atoms with Crippen LogP contribution in [-0.2, 0) is 6.42 Å². The average Bonchev–Trinajstić information content (AvgIpc) is 2.64. The van der Waals surface area contributed by atoms with Crippen LogP contribution < -0.4 is 15.2 Å². The molecule has 0 radical (unpaired) electrons. The number of rotatable bonds is 7. The molecule has 26 heavy (non-hydrogen) atoms. The van der Waals surface area contributed by atoms with E-state index in [2.05, 4.69) is 63.2 Å². The fourth-order valence-corrected chi connectivity index (χ4v) is 3.31. The van der Waals surface area contributed by atoms with E-state index in [4.69, 9.17) is 15.2 Å². The van der Waals surface area contributed by atoms with Gasteiger partial charge in [-0.05, 0) is 73.3 Å². The lowest BCUT2D eigenvalue weighted by Gasteiger charge is -2.15. The second kappa shape index (κ2) is 8.24. The van der Waals surface area contributed by atoms with Crippen molar-refractivity contribution >= 4 is 10.8 Å². The normalized spacial score (nSPS) is 10.9. The van der Waals surface area contributed by atoms with E-state index in [0.29, 0.717) is 19.8 Å². The smallest absolute Gasteiger partial charge is 0.123 e. The maximum atomic E-state index is 6.04. The van der Waals surface area contributed by atoms with Gasteiger partial charge in [0.15, 0.2) is 0 Å². The van der Waals surface area contributed by atoms with Crippen LogP contribution in [0.5, 0.6) is 11.5 Å². The van der Waals surface area contributed by atoms with E-state index in [1.165, 1.54) is 33.0 Å². The summed E-state index contributed by atoms with van der Waals surface area (Å²) in [6, 6.07) is 16.7. The highest BCUT2D eigenvalue weighted by molar-refractivity contribution is 5.87. The molecule has 0 aliphatic rings. The van der Waals surface area contributed by atoms with Gasteiger partial charge in [0.1, 0.15) is 24.7 Å². The lowest BCUT2D eigenvalue weighted by molar-refractivity contribution is 0.215. The molecule has 3 rings (SSSR count). The Morgan fingerprint density at radius 2 is 1.58 bits per heavy atom. The van der Waals surface area contributed by atoms with Gasteiger partial charge in [-0.1, -0.05) is 36.4 Å². The van der Waals surface area contributed by atoms with Gasteiger partial charge in [0, 0.05) is 5.56 Å². The first-order valence-electron chi connectivity index (χ1n) is 9.14. The minimum Gasteiger partial charge on any atom is -0.490 e. The van der Waals surface area contributed by atoms with Crippen molar-refractivity contribution in [2.45, 2.75) is 27.2 Å². The van der Waals surface area contributed by atoms with Gasteiger partial charge in [0.2, 0.25) is 0 Å². The van der Waals surface area contributed by atoms with Crippen molar-refractivity contribution in [1.82, 2.24) is 0 Å². The molecule has 136 valence electrons. The van der Waals surface area contributed by atoms with Crippen LogP contribution in [0.1, 0.15) is 22.3 Å². The molecular formula is C23H27NO2. The van der Waals surface area contributed by atoms with Crippen molar-refractivity contribution in [2.24, 2.45) is 5.73 Å². The Kier molecular flexibility index (Phi) is 5.79. The Morgan fingerprint density at radius 3 is 2.35 bits per heavy atom. The Bertz CT molecular complexity index is 902. The third kappa shape index (κ3) is 4.00. The first kappa shape index (κ1) is 18.3. The molecule has 0 amide bonds. The van der Waals surface area contributed by atoms with Gasteiger partial charge in [-0.15, -0.1) is 0 Å². The highest BCUT2D eigenvalue weighted by Gasteiger charge is 2.09. The monoisotopic (exact) mass is 349 g/mol. The van der Waals surface area contributed by atoms with Crippen LogP contribution in [0.4, 0.5) is 0 Å². The molecule has 0 fully saturated rings. The Morgan fingerprint density at radius 1 is 0.846 bits per heavy atom. The van der Waals surface area contributed by atoms with Gasteiger partial charge in [-0.3, -0.25) is 0 Å². The second-order valence-electron chi connectivity index (χ2n) is 6.70. The van der Waals surface area contributed by atoms with Crippen molar-refractivity contribution < 1.29 is 9.47 Å². The maximum Gasteiger partial charge on any atom is 0.123 e. The van der Waals surface area contributed by atoms with Crippen LogP contribution in [0.3, 0.4) is 0 Å². The maximum absolute atomic E-state index is 6.04. The third-order valence-corrected chi connectivity index (χ3v) is 4.75. The number of benzene rings is 3. The highest BCUT2D eigenvalue weighted by atomic mass is 16.5. The SMILES string of the molecule is Cc1cc(C)c(C)c(OCCOc2ccc3ccccc3c2CCN)c1. The summed E-state index contributed by atoms with van der Waals surface area (Å²) in [6.07, 6.45) is 0.799. The molecule has 0 atom stereocenters. The van der Waals surface area contributed by atoms with Crippen molar-refractivity contribution in [2.75, 3.05) is 19.8 Å². The molecule has 0 bridgehead atoms. The standard InChI is InChI=1S/C23H27NO2/c1-16-14-17(2)18(3)23(15-16)26-13-12-25-22-9-8-19-6-4-5-7-20(19)21(22)10-11-24/h4-9,14-15H,10-13,24H2,1-3H3. The van der Waals surface area contributed by atoms with E-state index in [-0.39, 0.29) is 0 Å². The van der Waals surface area contributed by atoms with Crippen molar-refractivity contribution in [3.05, 3.63) is 70.8 Å². The summed E-state index contributed by atoms with van der Waals surface area (Å²) in [5.41, 5.74) is 10.6. The Labute approximate surface area is 155 Å². The number of fused-ring (bicyclic) bond motifs is 1. The molecule has 3 heteroatoms. The molecule has 0 unspecified atom stereocenters. The van der Waals surface area contributed by atoms with Crippen molar-refractivity contribution in [3.8, 4) is 11.5 Å². The van der Waals surface area contributed by atoms with Crippen LogP contribution in [0, 0.1) is 20.8 Å². The highest BCUT2D eigenvalue weighted by Crippen LogP contribution is 2.28. The van der Waals surface area contributed by atoms with E-state index < -0.39 is 0 Å². The minimum atomic E-state index is 0.502. The Balaban J connectivity index is 1.69. The van der Waals surface area contributed by atoms with Crippen molar-refractivity contribution in [3.63, 3.8) is 0 Å². The quantitative estimate of drug-likeness (QED) is 0.628. The van der Waals surface area contributed by atoms with Gasteiger partial charge in [0.05, 0.1) is 0 Å². The molecule has 3 aromatic rings. The summed E-state index contributed by atoms with van der Waals surface area (Å²) < 4.78 is 12.0. The zero-order valence-electron chi connectivity index (χ0n) is 15.8. The lowest BCUT2D eigenvalue weighted by atomic mass is 10.0. The molecular weight excluding hydrogens is 322 g/mol. The first-order chi connectivity index (χ1) is 12.6. The van der Waals surface area contributed by atoms with Gasteiger partial charge < -0.3 is 15.2 Å². The molecule has 0 spiro atoms. The van der Waals surface area contributed by atoms with Crippen LogP contribution in [0.15, 0.2) is 48.5 Å². The molecule has 2 N–H and O–H groups in total. The molecule has 0 heterocycles. The van der Waals surface area contributed by atoms with E-state index in [1.54, 1.807) is 0 Å². The summed E-state index contributed by atoms with van der Waals surface area (Å²) in [4.78, 5) is 0. The van der Waals surface area contributed by atoms with E-state index in [0.717, 1.165) is 17.9 Å². The topological polar surface area (TPSA) is 44.5 Å². The van der Waals surface area contributed by atoms with Crippen LogP contribution in [0.25, 0.3) is 10.8 Å². The van der Waals surface area contributed by atoms with Gasteiger partial charge in [0.25, 0.3) is 0 Å². The molecule has 0 aliphatic carbocycles. The first-order valence-corrected chi connectivity index (χ1v) is 9.14. The van der Waals surface area contributed by atoms with Crippen LogP contribution in [0.2, 0.25) is 0 Å². The summed E-state index contributed by atoms with van der Waals surface area (Å²) in [6.45, 7) is 7.90. The van der Waals surface area contributed by atoms with Gasteiger partial charge in [-0.25, -0.2) is 0 Å². The summed E-state index contributed by atoms with van der Waals surface area (Å²) in [5.74, 6) is 1.83. The largest absolute Gasteiger partial charge is 0.490 e. The van der Waals surface area contributed by atoms with Crippen LogP contribution >= 0.6 is 0 Å². The van der Waals surface area contributed by atoms with Crippen LogP contribution in [-0.4, -0.2) is 19.8 Å². The lowest BCUT2D eigenvalue weighted by Crippen LogP contribution is -2.12. The molecule has 0 aromatic heterocycles. The zero-order chi connectivity index (χ0) is 18.5. The number of hydrogen-bond acceptors (Lipinski definition) is 3. The number of nitrogens with two attached hydrogens (primary N) is 1. The summed E-state index contributed by atoms with van der Waals surface area (Å²) >= 11 is 0. The average molecular weight is 349 g/mol. The summed E-state index contributed by atoms with van der Waals surface area (Å²) in [7, 11) is 0. The fourth-order valence-electron chi connectivity index (χ4n) is 3.31. The second-order valence-corrected chi connectivity index (χ2v) is 6.70. The van der Waals surface area contributed by atoms with E-state index in [9.17, 15) is 0 Å². The Hall–Kier alpha value is -2.52. The fraction of sp³-hybridized carbons (Fsp3) is 0.304. The van der Waals surface area contributed by atoms with Gasteiger partial charge in [-0.2, -0.15) is 0 Å². The number of ether oxygens (including phenoxy) is 2. The predicted octanol–water partition coefficient (Wildman–Crippen LogP) is 4.72. The van der Waals surface area contributed by atoms with E-state index in [1.807, 2.05) is 6.07 Å². The molecule has 0 aliphatic heterocycles. The van der Waals surface area contributed by atoms with Gasteiger partial charge >= 0.3 is 0 Å². The molecule has 3 nitrogen and oxygen atoms in total. The third-order valence-electron chi connectivity index (χ3n) is 4.75. The number of hydrogen-bond donors (Lipinski definition) is 1. The zero-order valence-corrected chi connectivity index (χ0v) is 15.8. The summed E-state index contributed by atoms with van der Waals surface area (Å²) in [5, 5.41) is 2.42. The molecule has 3 aromatic carbocycles. The minimum absolute atomic E-state index is 0.502. The number of aryl methyl sites for hydroxylation is 2. The van der Waals surface area contributed by atoms with E-state index >= 15 is 0 Å². The molecule has 0 saturated heterocycles. The van der Waals surface area contributed by atoms with Crippen molar-refractivity contribution in [1.29, 1.82) is 0 Å². The predicted molar refractivity (Wildman–Crippen MR) is 108 cm³/mol.